The number of methoxy groups -OCH3 is 2. The molecule has 3 nitrogen and oxygen atoms in total. The van der Waals surface area contributed by atoms with Gasteiger partial charge in [-0.05, 0) is 48.9 Å². The monoisotopic (exact) mass is 323 g/mol. The second-order valence-corrected chi connectivity index (χ2v) is 7.16. The molecule has 3 rings (SSSR count). The molecule has 0 fully saturated rings. The molecule has 1 aromatic heterocycles. The third kappa shape index (κ3) is 3.52. The Kier molecular flexibility index (Phi) is 4.89. The molecule has 0 aliphatic heterocycles. The fraction of sp³-hybridized carbons (Fsp3) is 0.105. The van der Waals surface area contributed by atoms with Crippen LogP contribution in [0.4, 0.5) is 0 Å². The number of aromatic nitrogens is 1. The minimum Gasteiger partial charge on any atom is -0.497 e. The van der Waals surface area contributed by atoms with Crippen molar-refractivity contribution in [2.75, 3.05) is 14.2 Å². The van der Waals surface area contributed by atoms with E-state index in [0.29, 0.717) is 0 Å². The maximum absolute atomic E-state index is 5.27. The summed E-state index contributed by atoms with van der Waals surface area (Å²) in [7, 11) is 2.71. The standard InChI is InChI=1S/C19H18NO2P/c1-21-15-5-9-17(10-6-15)23(19-4-3-13-20-14-19)18-11-7-16(22-2)8-12-18/h3-14H,1-2H3. The molecule has 0 saturated carbocycles. The average molecular weight is 323 g/mol. The Balaban J connectivity index is 2.05. The van der Waals surface area contributed by atoms with Crippen molar-refractivity contribution in [3.05, 3.63) is 73.1 Å². The largest absolute Gasteiger partial charge is 0.497 e. The van der Waals surface area contributed by atoms with Crippen LogP contribution in [0.5, 0.6) is 11.5 Å². The van der Waals surface area contributed by atoms with Crippen LogP contribution in [0.25, 0.3) is 0 Å². The number of nitrogens with zero attached hydrogens (tertiary/aromatic N) is 1. The Hall–Kier alpha value is -2.38. The van der Waals surface area contributed by atoms with Crippen molar-refractivity contribution in [1.29, 1.82) is 0 Å². The van der Waals surface area contributed by atoms with Crippen LogP contribution in [0.2, 0.25) is 0 Å². The third-order valence-corrected chi connectivity index (χ3v) is 5.98. The number of hydrogen-bond donors (Lipinski definition) is 0. The number of pyridine rings is 1. The summed E-state index contributed by atoms with van der Waals surface area (Å²) in [6.45, 7) is 0. The van der Waals surface area contributed by atoms with E-state index in [9.17, 15) is 0 Å². The number of ether oxygens (including phenoxy) is 2. The summed E-state index contributed by atoms with van der Waals surface area (Å²) in [4.78, 5) is 4.29. The van der Waals surface area contributed by atoms with Crippen molar-refractivity contribution in [1.82, 2.24) is 4.98 Å². The summed E-state index contributed by atoms with van der Waals surface area (Å²) in [6, 6.07) is 20.6. The maximum Gasteiger partial charge on any atom is 0.118 e. The van der Waals surface area contributed by atoms with Crippen LogP contribution in [0.3, 0.4) is 0 Å². The molecule has 23 heavy (non-hydrogen) atoms. The summed E-state index contributed by atoms with van der Waals surface area (Å²) in [6.07, 6.45) is 3.75. The fourth-order valence-corrected chi connectivity index (χ4v) is 4.60. The zero-order chi connectivity index (χ0) is 16.1. The molecular formula is C19H18NO2P. The van der Waals surface area contributed by atoms with E-state index in [0.717, 1.165) is 11.5 Å². The van der Waals surface area contributed by atoms with E-state index >= 15 is 0 Å². The van der Waals surface area contributed by atoms with E-state index in [4.69, 9.17) is 9.47 Å². The smallest absolute Gasteiger partial charge is 0.118 e. The number of benzene rings is 2. The van der Waals surface area contributed by atoms with E-state index in [1.165, 1.54) is 15.9 Å². The SMILES string of the molecule is COc1ccc(P(c2ccc(OC)cc2)c2cccnc2)cc1. The van der Waals surface area contributed by atoms with Gasteiger partial charge in [-0.1, -0.05) is 30.3 Å². The summed E-state index contributed by atoms with van der Waals surface area (Å²) in [5, 5.41) is 3.75. The zero-order valence-corrected chi connectivity index (χ0v) is 14.0. The number of hydrogen-bond acceptors (Lipinski definition) is 3. The molecule has 0 aliphatic rings. The highest BCUT2D eigenvalue weighted by molar-refractivity contribution is 7.79. The minimum absolute atomic E-state index is 0.654. The lowest BCUT2D eigenvalue weighted by Crippen LogP contribution is -2.20. The van der Waals surface area contributed by atoms with Crippen LogP contribution in [-0.2, 0) is 0 Å². The Morgan fingerprint density at radius 1 is 0.696 bits per heavy atom. The third-order valence-electron chi connectivity index (χ3n) is 3.57. The first kappa shape index (κ1) is 15.5. The Bertz CT molecular complexity index is 695. The normalized spacial score (nSPS) is 10.6. The van der Waals surface area contributed by atoms with Crippen molar-refractivity contribution in [3.8, 4) is 11.5 Å². The van der Waals surface area contributed by atoms with E-state index in [-0.39, 0.29) is 0 Å². The molecule has 0 radical (unpaired) electrons. The van der Waals surface area contributed by atoms with Gasteiger partial charge in [0.05, 0.1) is 14.2 Å². The van der Waals surface area contributed by atoms with Crippen molar-refractivity contribution >= 4 is 23.8 Å². The van der Waals surface area contributed by atoms with Crippen LogP contribution in [0, 0.1) is 0 Å². The van der Waals surface area contributed by atoms with Gasteiger partial charge in [-0.3, -0.25) is 4.98 Å². The lowest BCUT2D eigenvalue weighted by atomic mass is 10.3. The van der Waals surface area contributed by atoms with Crippen molar-refractivity contribution in [2.45, 2.75) is 0 Å². The fourth-order valence-electron chi connectivity index (χ4n) is 2.40. The van der Waals surface area contributed by atoms with Crippen LogP contribution in [0.1, 0.15) is 0 Å². The van der Waals surface area contributed by atoms with Crippen LogP contribution < -0.4 is 25.4 Å². The van der Waals surface area contributed by atoms with Crippen molar-refractivity contribution in [2.24, 2.45) is 0 Å². The second-order valence-electron chi connectivity index (χ2n) is 4.94. The van der Waals surface area contributed by atoms with Gasteiger partial charge in [-0.25, -0.2) is 0 Å². The Morgan fingerprint density at radius 2 is 1.22 bits per heavy atom. The summed E-state index contributed by atoms with van der Waals surface area (Å²) in [5.41, 5.74) is 0. The number of rotatable bonds is 5. The minimum atomic E-state index is -0.654. The van der Waals surface area contributed by atoms with Crippen LogP contribution in [-0.4, -0.2) is 19.2 Å². The first-order valence-electron chi connectivity index (χ1n) is 7.30. The lowest BCUT2D eigenvalue weighted by molar-refractivity contribution is 0.415. The first-order chi connectivity index (χ1) is 11.3. The molecule has 0 saturated heterocycles. The predicted octanol–water partition coefficient (Wildman–Crippen LogP) is 2.86. The Labute approximate surface area is 137 Å². The Morgan fingerprint density at radius 3 is 1.61 bits per heavy atom. The van der Waals surface area contributed by atoms with E-state index in [2.05, 4.69) is 35.3 Å². The average Bonchev–Trinajstić information content (AvgIpc) is 2.64. The first-order valence-corrected chi connectivity index (χ1v) is 8.64. The van der Waals surface area contributed by atoms with Gasteiger partial charge in [0.15, 0.2) is 0 Å². The summed E-state index contributed by atoms with van der Waals surface area (Å²) < 4.78 is 10.5. The molecule has 0 spiro atoms. The van der Waals surface area contributed by atoms with Gasteiger partial charge >= 0.3 is 0 Å². The van der Waals surface area contributed by atoms with E-state index < -0.39 is 7.92 Å². The molecule has 1 heterocycles. The van der Waals surface area contributed by atoms with Gasteiger partial charge in [-0.15, -0.1) is 0 Å². The van der Waals surface area contributed by atoms with Crippen LogP contribution >= 0.6 is 7.92 Å². The van der Waals surface area contributed by atoms with Gasteiger partial charge in [0.25, 0.3) is 0 Å². The molecule has 116 valence electrons. The molecule has 0 atom stereocenters. The van der Waals surface area contributed by atoms with E-state index in [1.54, 1.807) is 20.4 Å². The van der Waals surface area contributed by atoms with Crippen molar-refractivity contribution < 1.29 is 9.47 Å². The molecule has 0 bridgehead atoms. The molecule has 0 unspecified atom stereocenters. The molecule has 3 aromatic rings. The molecule has 0 N–H and O–H groups in total. The van der Waals surface area contributed by atoms with E-state index in [1.807, 2.05) is 36.5 Å². The van der Waals surface area contributed by atoms with Crippen LogP contribution in [0.15, 0.2) is 73.1 Å². The highest BCUT2D eigenvalue weighted by Crippen LogP contribution is 2.33. The summed E-state index contributed by atoms with van der Waals surface area (Å²) in [5.74, 6) is 1.73. The predicted molar refractivity (Wildman–Crippen MR) is 96.0 cm³/mol. The topological polar surface area (TPSA) is 31.4 Å². The van der Waals surface area contributed by atoms with Crippen molar-refractivity contribution in [3.63, 3.8) is 0 Å². The lowest BCUT2D eigenvalue weighted by Gasteiger charge is -2.19. The zero-order valence-electron chi connectivity index (χ0n) is 13.1. The van der Waals surface area contributed by atoms with Gasteiger partial charge in [0.1, 0.15) is 11.5 Å². The van der Waals surface area contributed by atoms with Gasteiger partial charge < -0.3 is 9.47 Å². The highest BCUT2D eigenvalue weighted by Gasteiger charge is 2.16. The maximum atomic E-state index is 5.27. The second kappa shape index (κ2) is 7.26. The molecule has 4 heteroatoms. The highest BCUT2D eigenvalue weighted by atomic mass is 31.1. The molecule has 2 aromatic carbocycles. The molecule has 0 amide bonds. The molecular weight excluding hydrogens is 305 g/mol. The van der Waals surface area contributed by atoms with Gasteiger partial charge in [0.2, 0.25) is 0 Å². The summed E-state index contributed by atoms with van der Waals surface area (Å²) >= 11 is 0. The van der Waals surface area contributed by atoms with Gasteiger partial charge in [0, 0.05) is 17.7 Å². The molecule has 0 aliphatic carbocycles. The van der Waals surface area contributed by atoms with Gasteiger partial charge in [-0.2, -0.15) is 0 Å². The quantitative estimate of drug-likeness (QED) is 0.677.